The topological polar surface area (TPSA) is 95.9 Å². The molecule has 110 valence electrons. The minimum Gasteiger partial charge on any atom is -0.382 e. The van der Waals surface area contributed by atoms with Gasteiger partial charge in [-0.05, 0) is 19.8 Å². The maximum absolute atomic E-state index is 11.6. The van der Waals surface area contributed by atoms with Gasteiger partial charge in [0.25, 0.3) is 0 Å². The Hall–Kier alpha value is -1.46. The molecule has 2 N–H and O–H groups in total. The lowest BCUT2D eigenvalue weighted by molar-refractivity contribution is 0.137. The second-order valence-corrected chi connectivity index (χ2v) is 8.62. The van der Waals surface area contributed by atoms with E-state index in [1.165, 1.54) is 6.33 Å². The van der Waals surface area contributed by atoms with Gasteiger partial charge in [-0.3, -0.25) is 0 Å². The van der Waals surface area contributed by atoms with Crippen LogP contribution in [0.25, 0.3) is 11.2 Å². The Morgan fingerprint density at radius 3 is 2.80 bits per heavy atom. The fourth-order valence-electron chi connectivity index (χ4n) is 1.94. The average Bonchev–Trinajstić information content (AvgIpc) is 2.79. The molecule has 2 heterocycles. The van der Waals surface area contributed by atoms with Crippen molar-refractivity contribution in [3.05, 3.63) is 12.7 Å². The normalized spacial score (nSPS) is 13.8. The molecule has 0 fully saturated rings. The standard InChI is InChI=1S/C12H20N5O2P/c1-4-9(5-19-8-20(2,3)18)17-7-16-10-11(13)14-6-15-12(10)17/h6-7,9H,4-5,8H2,1-3H3,(H2,13,14,15). The molecule has 0 radical (unpaired) electrons. The summed E-state index contributed by atoms with van der Waals surface area (Å²) in [5.74, 6) is 0.371. The quantitative estimate of drug-likeness (QED) is 0.819. The number of anilines is 1. The molecule has 2 rings (SSSR count). The first kappa shape index (κ1) is 14.9. The highest BCUT2D eigenvalue weighted by atomic mass is 31.2. The summed E-state index contributed by atoms with van der Waals surface area (Å²) in [7, 11) is -2.16. The Morgan fingerprint density at radius 1 is 1.40 bits per heavy atom. The molecule has 0 aliphatic rings. The Labute approximate surface area is 117 Å². The number of aromatic nitrogens is 4. The largest absolute Gasteiger partial charge is 0.382 e. The third-order valence-electron chi connectivity index (χ3n) is 2.96. The predicted molar refractivity (Wildman–Crippen MR) is 79.3 cm³/mol. The van der Waals surface area contributed by atoms with Crippen LogP contribution in [-0.4, -0.2) is 45.8 Å². The molecule has 1 unspecified atom stereocenters. The molecule has 0 amide bonds. The summed E-state index contributed by atoms with van der Waals surface area (Å²) in [6.45, 7) is 5.96. The molecular formula is C12H20N5O2P. The third kappa shape index (κ3) is 3.35. The van der Waals surface area contributed by atoms with Crippen molar-refractivity contribution < 1.29 is 9.30 Å². The summed E-state index contributed by atoms with van der Waals surface area (Å²) in [5.41, 5.74) is 7.07. The minimum absolute atomic E-state index is 0.0841. The van der Waals surface area contributed by atoms with Crippen molar-refractivity contribution in [2.24, 2.45) is 0 Å². The van der Waals surface area contributed by atoms with Crippen molar-refractivity contribution in [2.45, 2.75) is 19.4 Å². The highest BCUT2D eigenvalue weighted by Crippen LogP contribution is 2.35. The van der Waals surface area contributed by atoms with E-state index in [9.17, 15) is 4.57 Å². The number of rotatable bonds is 6. The van der Waals surface area contributed by atoms with Gasteiger partial charge in [-0.15, -0.1) is 0 Å². The smallest absolute Gasteiger partial charge is 0.165 e. The molecule has 8 heteroatoms. The van der Waals surface area contributed by atoms with E-state index in [1.807, 2.05) is 4.57 Å². The fourth-order valence-corrected chi connectivity index (χ4v) is 2.49. The molecule has 0 saturated carbocycles. The monoisotopic (exact) mass is 297 g/mol. The number of nitrogens with zero attached hydrogens (tertiary/aromatic N) is 4. The second-order valence-electron chi connectivity index (χ2n) is 5.22. The molecule has 0 bridgehead atoms. The van der Waals surface area contributed by atoms with Gasteiger partial charge < -0.3 is 19.6 Å². The number of ether oxygens (including phenoxy) is 1. The van der Waals surface area contributed by atoms with Crippen LogP contribution in [0.4, 0.5) is 5.82 Å². The molecule has 0 aliphatic heterocycles. The highest BCUT2D eigenvalue weighted by Gasteiger charge is 2.16. The number of hydrogen-bond donors (Lipinski definition) is 1. The lowest BCUT2D eigenvalue weighted by Crippen LogP contribution is -2.15. The van der Waals surface area contributed by atoms with Gasteiger partial charge >= 0.3 is 0 Å². The molecule has 2 aromatic heterocycles. The zero-order valence-electron chi connectivity index (χ0n) is 12.0. The van der Waals surface area contributed by atoms with Crippen molar-refractivity contribution in [1.82, 2.24) is 19.5 Å². The van der Waals surface area contributed by atoms with Crippen LogP contribution in [0.15, 0.2) is 12.7 Å². The van der Waals surface area contributed by atoms with E-state index in [0.29, 0.717) is 23.6 Å². The minimum atomic E-state index is -2.16. The van der Waals surface area contributed by atoms with Crippen LogP contribution >= 0.6 is 7.14 Å². The first-order chi connectivity index (χ1) is 9.42. The summed E-state index contributed by atoms with van der Waals surface area (Å²) in [6.07, 6.45) is 4.26. The maximum Gasteiger partial charge on any atom is 0.165 e. The van der Waals surface area contributed by atoms with Gasteiger partial charge in [-0.1, -0.05) is 6.92 Å². The van der Waals surface area contributed by atoms with Crippen LogP contribution < -0.4 is 5.73 Å². The lowest BCUT2D eigenvalue weighted by atomic mass is 10.2. The molecular weight excluding hydrogens is 277 g/mol. The van der Waals surface area contributed by atoms with Crippen molar-refractivity contribution in [1.29, 1.82) is 0 Å². The first-order valence-electron chi connectivity index (χ1n) is 6.47. The van der Waals surface area contributed by atoms with Gasteiger partial charge in [0.15, 0.2) is 11.5 Å². The molecule has 1 atom stereocenters. The van der Waals surface area contributed by atoms with Crippen molar-refractivity contribution >= 4 is 24.1 Å². The number of hydrogen-bond acceptors (Lipinski definition) is 6. The number of nitrogen functional groups attached to an aromatic ring is 1. The Bertz CT molecular complexity index is 636. The Kier molecular flexibility index (Phi) is 4.40. The summed E-state index contributed by atoms with van der Waals surface area (Å²) in [4.78, 5) is 12.4. The van der Waals surface area contributed by atoms with Gasteiger partial charge in [0.1, 0.15) is 19.0 Å². The number of imidazole rings is 1. The number of nitrogens with two attached hydrogens (primary N) is 1. The van der Waals surface area contributed by atoms with Crippen molar-refractivity contribution in [3.8, 4) is 0 Å². The number of fused-ring (bicyclic) bond motifs is 1. The average molecular weight is 297 g/mol. The predicted octanol–water partition coefficient (Wildman–Crippen LogP) is 1.96. The molecule has 2 aromatic rings. The van der Waals surface area contributed by atoms with Gasteiger partial charge in [0.2, 0.25) is 0 Å². The van der Waals surface area contributed by atoms with Gasteiger partial charge in [-0.2, -0.15) is 0 Å². The second kappa shape index (κ2) is 5.89. The van der Waals surface area contributed by atoms with E-state index in [0.717, 1.165) is 6.42 Å². The molecule has 20 heavy (non-hydrogen) atoms. The molecule has 0 aliphatic carbocycles. The van der Waals surface area contributed by atoms with E-state index >= 15 is 0 Å². The molecule has 0 aromatic carbocycles. The van der Waals surface area contributed by atoms with E-state index < -0.39 is 7.14 Å². The van der Waals surface area contributed by atoms with Crippen LogP contribution in [0.2, 0.25) is 0 Å². The zero-order valence-corrected chi connectivity index (χ0v) is 12.9. The van der Waals surface area contributed by atoms with Crippen LogP contribution in [0.3, 0.4) is 0 Å². The van der Waals surface area contributed by atoms with E-state index in [4.69, 9.17) is 10.5 Å². The van der Waals surface area contributed by atoms with Gasteiger partial charge in [0, 0.05) is 0 Å². The summed E-state index contributed by atoms with van der Waals surface area (Å²) < 4.78 is 19.1. The summed E-state index contributed by atoms with van der Waals surface area (Å²) in [5, 5.41) is 0. The molecule has 7 nitrogen and oxygen atoms in total. The fraction of sp³-hybridized carbons (Fsp3) is 0.583. The van der Waals surface area contributed by atoms with Gasteiger partial charge in [0.05, 0.1) is 25.3 Å². The zero-order chi connectivity index (χ0) is 14.8. The van der Waals surface area contributed by atoms with E-state index in [1.54, 1.807) is 19.7 Å². The first-order valence-corrected chi connectivity index (χ1v) is 9.25. The summed E-state index contributed by atoms with van der Waals surface area (Å²) in [6, 6.07) is 0.0841. The molecule has 0 spiro atoms. The molecule has 0 saturated heterocycles. The van der Waals surface area contributed by atoms with Crippen LogP contribution in [0.5, 0.6) is 0 Å². The van der Waals surface area contributed by atoms with Crippen LogP contribution in [-0.2, 0) is 9.30 Å². The van der Waals surface area contributed by atoms with Crippen molar-refractivity contribution in [3.63, 3.8) is 0 Å². The lowest BCUT2D eigenvalue weighted by Gasteiger charge is -2.18. The summed E-state index contributed by atoms with van der Waals surface area (Å²) >= 11 is 0. The van der Waals surface area contributed by atoms with Crippen LogP contribution in [0.1, 0.15) is 19.4 Å². The van der Waals surface area contributed by atoms with E-state index in [2.05, 4.69) is 21.9 Å². The Balaban J connectivity index is 2.18. The Morgan fingerprint density at radius 2 is 2.15 bits per heavy atom. The third-order valence-corrected chi connectivity index (χ3v) is 3.77. The van der Waals surface area contributed by atoms with Crippen molar-refractivity contribution in [2.75, 3.05) is 32.0 Å². The van der Waals surface area contributed by atoms with Gasteiger partial charge in [-0.25, -0.2) is 15.0 Å². The SMILES string of the molecule is CCC(COCP(C)(C)=O)n1cnc2c(N)ncnc21. The highest BCUT2D eigenvalue weighted by molar-refractivity contribution is 7.62. The van der Waals surface area contributed by atoms with E-state index in [-0.39, 0.29) is 12.4 Å². The van der Waals surface area contributed by atoms with Crippen LogP contribution in [0, 0.1) is 0 Å². The maximum atomic E-state index is 11.6.